The second-order valence-corrected chi connectivity index (χ2v) is 4.75. The molecular formula is C13H18BrNO2. The summed E-state index contributed by atoms with van der Waals surface area (Å²) in [6, 6.07) is 7.76. The minimum Gasteiger partial charge on any atom is -0.469 e. The molecule has 1 aromatic rings. The molecule has 17 heavy (non-hydrogen) atoms. The SMILES string of the molecule is CCCNC[C@@H](C(=O)OC)c1ccc(Br)cc1. The number of carbonyl (C=O) groups excluding carboxylic acids is 1. The molecule has 94 valence electrons. The van der Waals surface area contributed by atoms with Gasteiger partial charge in [0.1, 0.15) is 0 Å². The van der Waals surface area contributed by atoms with Crippen molar-refractivity contribution in [3.05, 3.63) is 34.3 Å². The van der Waals surface area contributed by atoms with Gasteiger partial charge in [-0.2, -0.15) is 0 Å². The van der Waals surface area contributed by atoms with Crippen molar-refractivity contribution in [2.45, 2.75) is 19.3 Å². The molecule has 0 saturated carbocycles. The first-order valence-electron chi connectivity index (χ1n) is 5.73. The number of hydrogen-bond acceptors (Lipinski definition) is 3. The number of methoxy groups -OCH3 is 1. The Balaban J connectivity index is 2.74. The molecule has 0 amide bonds. The van der Waals surface area contributed by atoms with Crippen LogP contribution in [0.5, 0.6) is 0 Å². The molecule has 0 aliphatic rings. The van der Waals surface area contributed by atoms with Gasteiger partial charge < -0.3 is 10.1 Å². The highest BCUT2D eigenvalue weighted by molar-refractivity contribution is 9.10. The van der Waals surface area contributed by atoms with E-state index in [1.54, 1.807) is 0 Å². The molecule has 0 unspecified atom stereocenters. The van der Waals surface area contributed by atoms with Crippen LogP contribution in [0.25, 0.3) is 0 Å². The van der Waals surface area contributed by atoms with Crippen LogP contribution in [0, 0.1) is 0 Å². The number of esters is 1. The van der Waals surface area contributed by atoms with Crippen molar-refractivity contribution in [2.75, 3.05) is 20.2 Å². The second-order valence-electron chi connectivity index (χ2n) is 3.83. The first-order chi connectivity index (χ1) is 8.19. The van der Waals surface area contributed by atoms with E-state index >= 15 is 0 Å². The Bertz CT molecular complexity index is 351. The monoisotopic (exact) mass is 299 g/mol. The third-order valence-corrected chi connectivity index (χ3v) is 3.06. The molecule has 4 heteroatoms. The van der Waals surface area contributed by atoms with Gasteiger partial charge in [0.15, 0.2) is 0 Å². The molecule has 1 aromatic carbocycles. The molecule has 1 N–H and O–H groups in total. The fraction of sp³-hybridized carbons (Fsp3) is 0.462. The van der Waals surface area contributed by atoms with Gasteiger partial charge in [0.05, 0.1) is 13.0 Å². The first-order valence-corrected chi connectivity index (χ1v) is 6.52. The maximum Gasteiger partial charge on any atom is 0.314 e. The quantitative estimate of drug-likeness (QED) is 0.648. The summed E-state index contributed by atoms with van der Waals surface area (Å²) in [6.07, 6.45) is 1.05. The van der Waals surface area contributed by atoms with Crippen molar-refractivity contribution in [1.82, 2.24) is 5.32 Å². The van der Waals surface area contributed by atoms with Gasteiger partial charge in [-0.15, -0.1) is 0 Å². The minimum absolute atomic E-state index is 0.198. The number of carbonyl (C=O) groups is 1. The van der Waals surface area contributed by atoms with Gasteiger partial charge in [0.2, 0.25) is 0 Å². The van der Waals surface area contributed by atoms with Crippen LogP contribution in [0.2, 0.25) is 0 Å². The molecule has 0 radical (unpaired) electrons. The van der Waals surface area contributed by atoms with Crippen molar-refractivity contribution in [2.24, 2.45) is 0 Å². The lowest BCUT2D eigenvalue weighted by atomic mass is 9.99. The number of ether oxygens (including phenoxy) is 1. The largest absolute Gasteiger partial charge is 0.469 e. The zero-order valence-electron chi connectivity index (χ0n) is 10.2. The normalized spacial score (nSPS) is 12.2. The van der Waals surface area contributed by atoms with E-state index in [-0.39, 0.29) is 11.9 Å². The highest BCUT2D eigenvalue weighted by atomic mass is 79.9. The van der Waals surface area contributed by atoms with Gasteiger partial charge in [0, 0.05) is 11.0 Å². The fourth-order valence-corrected chi connectivity index (χ4v) is 1.86. The van der Waals surface area contributed by atoms with E-state index in [4.69, 9.17) is 4.74 Å². The van der Waals surface area contributed by atoms with Gasteiger partial charge in [-0.25, -0.2) is 0 Å². The lowest BCUT2D eigenvalue weighted by Crippen LogP contribution is -2.28. The van der Waals surface area contributed by atoms with Crippen molar-refractivity contribution in [3.63, 3.8) is 0 Å². The summed E-state index contributed by atoms with van der Waals surface area (Å²) in [4.78, 5) is 11.7. The summed E-state index contributed by atoms with van der Waals surface area (Å²) in [6.45, 7) is 3.62. The number of nitrogens with one attached hydrogen (secondary N) is 1. The van der Waals surface area contributed by atoms with Gasteiger partial charge in [0.25, 0.3) is 0 Å². The molecule has 0 aliphatic heterocycles. The molecule has 0 saturated heterocycles. The van der Waals surface area contributed by atoms with Crippen LogP contribution >= 0.6 is 15.9 Å². The average molecular weight is 300 g/mol. The smallest absolute Gasteiger partial charge is 0.314 e. The Morgan fingerprint density at radius 3 is 2.59 bits per heavy atom. The molecule has 0 bridgehead atoms. The van der Waals surface area contributed by atoms with Gasteiger partial charge in [-0.3, -0.25) is 4.79 Å². The summed E-state index contributed by atoms with van der Waals surface area (Å²) >= 11 is 3.38. The number of benzene rings is 1. The molecule has 1 rings (SSSR count). The maximum atomic E-state index is 11.7. The van der Waals surface area contributed by atoms with Crippen LogP contribution < -0.4 is 5.32 Å². The van der Waals surface area contributed by atoms with E-state index in [0.29, 0.717) is 6.54 Å². The topological polar surface area (TPSA) is 38.3 Å². The van der Waals surface area contributed by atoms with Gasteiger partial charge in [-0.1, -0.05) is 35.0 Å². The zero-order valence-corrected chi connectivity index (χ0v) is 11.8. The second kappa shape index (κ2) is 7.45. The average Bonchev–Trinajstić information content (AvgIpc) is 2.35. The van der Waals surface area contributed by atoms with Crippen molar-refractivity contribution in [3.8, 4) is 0 Å². The Kier molecular flexibility index (Phi) is 6.22. The minimum atomic E-state index is -0.236. The summed E-state index contributed by atoms with van der Waals surface area (Å²) in [5.74, 6) is -0.435. The van der Waals surface area contributed by atoms with Crippen molar-refractivity contribution in [1.29, 1.82) is 0 Å². The van der Waals surface area contributed by atoms with E-state index in [2.05, 4.69) is 28.2 Å². The van der Waals surface area contributed by atoms with Gasteiger partial charge in [-0.05, 0) is 30.7 Å². The van der Waals surface area contributed by atoms with Crippen LogP contribution in [-0.4, -0.2) is 26.2 Å². The summed E-state index contributed by atoms with van der Waals surface area (Å²) in [7, 11) is 1.42. The van der Waals surface area contributed by atoms with Crippen molar-refractivity contribution >= 4 is 21.9 Å². The standard InChI is InChI=1S/C13H18BrNO2/c1-3-8-15-9-12(13(16)17-2)10-4-6-11(14)7-5-10/h4-7,12,15H,3,8-9H2,1-2H3/t12-/m1/s1. The highest BCUT2D eigenvalue weighted by Crippen LogP contribution is 2.19. The number of hydrogen-bond donors (Lipinski definition) is 1. The van der Waals surface area contributed by atoms with Crippen LogP contribution in [-0.2, 0) is 9.53 Å². The fourth-order valence-electron chi connectivity index (χ4n) is 1.60. The molecule has 0 spiro atoms. The predicted octanol–water partition coefficient (Wildman–Crippen LogP) is 2.71. The summed E-state index contributed by atoms with van der Waals surface area (Å²) in [5.41, 5.74) is 0.976. The molecule has 0 fully saturated rings. The molecule has 0 aromatic heterocycles. The van der Waals surface area contributed by atoms with Crippen LogP contribution in [0.1, 0.15) is 24.8 Å². The van der Waals surface area contributed by atoms with Crippen molar-refractivity contribution < 1.29 is 9.53 Å². The van der Waals surface area contributed by atoms with Crippen LogP contribution in [0.4, 0.5) is 0 Å². The molecule has 1 atom stereocenters. The first kappa shape index (κ1) is 14.2. The molecule has 0 aliphatic carbocycles. The Hall–Kier alpha value is -0.870. The number of rotatable bonds is 6. The zero-order chi connectivity index (χ0) is 12.7. The molecule has 0 heterocycles. The van der Waals surface area contributed by atoms with E-state index < -0.39 is 0 Å². The summed E-state index contributed by atoms with van der Waals surface area (Å²) in [5, 5.41) is 3.25. The lowest BCUT2D eigenvalue weighted by molar-refractivity contribution is -0.142. The van der Waals surface area contributed by atoms with E-state index in [1.165, 1.54) is 7.11 Å². The Morgan fingerprint density at radius 1 is 1.41 bits per heavy atom. The Morgan fingerprint density at radius 2 is 2.06 bits per heavy atom. The number of halogens is 1. The lowest BCUT2D eigenvalue weighted by Gasteiger charge is -2.15. The highest BCUT2D eigenvalue weighted by Gasteiger charge is 2.20. The van der Waals surface area contributed by atoms with E-state index in [0.717, 1.165) is 23.0 Å². The predicted molar refractivity (Wildman–Crippen MR) is 72.1 cm³/mol. The Labute approximate surface area is 111 Å². The van der Waals surface area contributed by atoms with Gasteiger partial charge >= 0.3 is 5.97 Å². The van der Waals surface area contributed by atoms with E-state index in [1.807, 2.05) is 24.3 Å². The van der Waals surface area contributed by atoms with Crippen LogP contribution in [0.3, 0.4) is 0 Å². The van der Waals surface area contributed by atoms with E-state index in [9.17, 15) is 4.79 Å². The van der Waals surface area contributed by atoms with Crippen LogP contribution in [0.15, 0.2) is 28.7 Å². The molecule has 3 nitrogen and oxygen atoms in total. The summed E-state index contributed by atoms with van der Waals surface area (Å²) < 4.78 is 5.84. The molecular weight excluding hydrogens is 282 g/mol. The maximum absolute atomic E-state index is 11.7. The third kappa shape index (κ3) is 4.48. The third-order valence-electron chi connectivity index (χ3n) is 2.53.